The van der Waals surface area contributed by atoms with Gasteiger partial charge in [0.2, 0.25) is 0 Å². The first-order chi connectivity index (χ1) is 12.3. The quantitative estimate of drug-likeness (QED) is 0.815. The molecule has 3 rings (SSSR count). The summed E-state index contributed by atoms with van der Waals surface area (Å²) in [5, 5.41) is 0. The summed E-state index contributed by atoms with van der Waals surface area (Å²) in [6.45, 7) is 1.82. The van der Waals surface area contributed by atoms with Crippen LogP contribution in [0.2, 0.25) is 0 Å². The van der Waals surface area contributed by atoms with E-state index in [0.717, 1.165) is 11.1 Å². The fraction of sp³-hybridized carbons (Fsp3) is 0.421. The molecule has 1 aromatic heterocycles. The highest BCUT2D eigenvalue weighted by molar-refractivity contribution is 5.73. The van der Waals surface area contributed by atoms with Crippen LogP contribution in [0.15, 0.2) is 29.2 Å². The van der Waals surface area contributed by atoms with Crippen molar-refractivity contribution in [2.75, 3.05) is 14.2 Å². The van der Waals surface area contributed by atoms with Crippen LogP contribution in [0.4, 0.5) is 13.2 Å². The first-order valence-electron chi connectivity index (χ1n) is 8.35. The minimum Gasteiger partial charge on any atom is -0.493 e. The smallest absolute Gasteiger partial charge is 0.391 e. The summed E-state index contributed by atoms with van der Waals surface area (Å²) in [4.78, 5) is 12.3. The van der Waals surface area contributed by atoms with Crippen LogP contribution in [0.1, 0.15) is 30.5 Å². The molecule has 1 aliphatic heterocycles. The fourth-order valence-electron chi connectivity index (χ4n) is 3.64. The Morgan fingerprint density at radius 1 is 1.19 bits per heavy atom. The predicted octanol–water partition coefficient (Wildman–Crippen LogP) is 4.14. The molecule has 0 N–H and O–H groups in total. The van der Waals surface area contributed by atoms with E-state index in [2.05, 4.69) is 0 Å². The minimum absolute atomic E-state index is 0.174. The van der Waals surface area contributed by atoms with Gasteiger partial charge in [-0.15, -0.1) is 0 Å². The second-order valence-corrected chi connectivity index (χ2v) is 6.31. The summed E-state index contributed by atoms with van der Waals surface area (Å²) in [5.41, 5.74) is 2.31. The van der Waals surface area contributed by atoms with Gasteiger partial charge >= 0.3 is 6.18 Å². The van der Waals surface area contributed by atoms with Gasteiger partial charge in [0.1, 0.15) is 0 Å². The van der Waals surface area contributed by atoms with E-state index in [1.807, 2.05) is 6.92 Å². The number of aromatic nitrogens is 1. The molecule has 2 heterocycles. The minimum atomic E-state index is -4.30. The highest BCUT2D eigenvalue weighted by Gasteiger charge is 2.36. The van der Waals surface area contributed by atoms with Crippen LogP contribution in [-0.4, -0.2) is 25.0 Å². The molecule has 1 unspecified atom stereocenters. The van der Waals surface area contributed by atoms with Crippen LogP contribution >= 0.6 is 0 Å². The Balaban J connectivity index is 2.28. The number of rotatable bonds is 4. The number of hydrogen-bond acceptors (Lipinski definition) is 3. The van der Waals surface area contributed by atoms with Crippen LogP contribution in [-0.2, 0) is 12.8 Å². The topological polar surface area (TPSA) is 40.5 Å². The van der Waals surface area contributed by atoms with Crippen molar-refractivity contribution in [1.82, 2.24) is 4.57 Å². The van der Waals surface area contributed by atoms with Gasteiger partial charge in [0.15, 0.2) is 16.9 Å². The second kappa shape index (κ2) is 6.70. The molecule has 0 bridgehead atoms. The van der Waals surface area contributed by atoms with Gasteiger partial charge in [0, 0.05) is 29.4 Å². The predicted molar refractivity (Wildman–Crippen MR) is 92.0 cm³/mol. The molecule has 0 spiro atoms. The first kappa shape index (κ1) is 18.4. The third-order valence-electron chi connectivity index (χ3n) is 4.76. The van der Waals surface area contributed by atoms with Gasteiger partial charge in [-0.2, -0.15) is 13.2 Å². The van der Waals surface area contributed by atoms with Crippen LogP contribution in [0.5, 0.6) is 11.5 Å². The lowest BCUT2D eigenvalue weighted by molar-refractivity contribution is -0.142. The van der Waals surface area contributed by atoms with Crippen molar-refractivity contribution >= 4 is 0 Å². The van der Waals surface area contributed by atoms with Crippen molar-refractivity contribution in [2.45, 2.75) is 38.4 Å². The molecule has 0 saturated carbocycles. The second-order valence-electron chi connectivity index (χ2n) is 6.31. The van der Waals surface area contributed by atoms with E-state index in [0.29, 0.717) is 29.2 Å². The molecule has 1 aliphatic rings. The molecule has 1 aromatic carbocycles. The van der Waals surface area contributed by atoms with Gasteiger partial charge in [-0.1, -0.05) is 6.92 Å². The number of hydrogen-bond donors (Lipinski definition) is 0. The van der Waals surface area contributed by atoms with Gasteiger partial charge < -0.3 is 14.0 Å². The van der Waals surface area contributed by atoms with Crippen molar-refractivity contribution in [3.05, 3.63) is 45.7 Å². The van der Waals surface area contributed by atoms with Gasteiger partial charge in [-0.3, -0.25) is 4.79 Å². The summed E-state index contributed by atoms with van der Waals surface area (Å²) in [7, 11) is 2.98. The lowest BCUT2D eigenvalue weighted by atomic mass is 9.88. The highest BCUT2D eigenvalue weighted by atomic mass is 19.4. The molecule has 0 aliphatic carbocycles. The van der Waals surface area contributed by atoms with Crippen LogP contribution in [0.3, 0.4) is 0 Å². The van der Waals surface area contributed by atoms with Crippen LogP contribution < -0.4 is 14.9 Å². The normalized spacial score (nSPS) is 16.0. The Hall–Kier alpha value is -2.44. The molecule has 140 valence electrons. The van der Waals surface area contributed by atoms with Gasteiger partial charge in [-0.25, -0.2) is 0 Å². The maximum absolute atomic E-state index is 13.1. The number of nitrogens with zero attached hydrogens (tertiary/aromatic N) is 1. The standard InChI is InChI=1S/C19H20F3NO3/c1-4-13-15(24)5-6-23-12(10-19(20,21)22)7-11-8-16(25-2)17(26-3)9-14(11)18(13)23/h5-6,8-9,12H,4,7,10H2,1-3H3. The van der Waals surface area contributed by atoms with E-state index < -0.39 is 18.6 Å². The third-order valence-corrected chi connectivity index (χ3v) is 4.76. The van der Waals surface area contributed by atoms with E-state index in [1.54, 1.807) is 16.7 Å². The maximum Gasteiger partial charge on any atom is 0.391 e. The number of halogens is 3. The monoisotopic (exact) mass is 367 g/mol. The first-order valence-corrected chi connectivity index (χ1v) is 8.35. The van der Waals surface area contributed by atoms with Crippen molar-refractivity contribution in [3.8, 4) is 22.8 Å². The average molecular weight is 367 g/mol. The number of benzene rings is 1. The van der Waals surface area contributed by atoms with E-state index in [-0.39, 0.29) is 11.8 Å². The van der Waals surface area contributed by atoms with E-state index in [1.165, 1.54) is 26.5 Å². The molecule has 4 nitrogen and oxygen atoms in total. The van der Waals surface area contributed by atoms with Gasteiger partial charge in [-0.05, 0) is 30.5 Å². The molecule has 0 amide bonds. The molecule has 7 heteroatoms. The van der Waals surface area contributed by atoms with E-state index in [9.17, 15) is 18.0 Å². The van der Waals surface area contributed by atoms with Gasteiger partial charge in [0.05, 0.1) is 26.3 Å². The summed E-state index contributed by atoms with van der Waals surface area (Å²) in [6, 6.07) is 3.99. The van der Waals surface area contributed by atoms with E-state index in [4.69, 9.17) is 9.47 Å². The molecule has 26 heavy (non-hydrogen) atoms. The van der Waals surface area contributed by atoms with Crippen molar-refractivity contribution in [3.63, 3.8) is 0 Å². The Morgan fingerprint density at radius 3 is 2.42 bits per heavy atom. The number of alkyl halides is 3. The Bertz CT molecular complexity index is 887. The highest BCUT2D eigenvalue weighted by Crippen LogP contribution is 2.44. The fourth-order valence-corrected chi connectivity index (χ4v) is 3.64. The molecule has 0 radical (unpaired) electrons. The average Bonchev–Trinajstić information content (AvgIpc) is 2.59. The number of methoxy groups -OCH3 is 2. The zero-order valence-corrected chi connectivity index (χ0v) is 14.8. The largest absolute Gasteiger partial charge is 0.493 e. The number of pyridine rings is 1. The molecule has 0 fully saturated rings. The molecule has 2 aromatic rings. The third kappa shape index (κ3) is 3.18. The van der Waals surface area contributed by atoms with Crippen LogP contribution in [0, 0.1) is 0 Å². The maximum atomic E-state index is 13.1. The Kier molecular flexibility index (Phi) is 4.73. The number of fused-ring (bicyclic) bond motifs is 3. The van der Waals surface area contributed by atoms with Crippen molar-refractivity contribution < 1.29 is 22.6 Å². The molecule has 0 saturated heterocycles. The zero-order chi connectivity index (χ0) is 19.1. The van der Waals surface area contributed by atoms with Crippen molar-refractivity contribution in [2.24, 2.45) is 0 Å². The SMILES string of the molecule is CCc1c2n(ccc1=O)C(CC(F)(F)F)Cc1cc(OC)c(OC)cc1-2. The summed E-state index contributed by atoms with van der Waals surface area (Å²) >= 11 is 0. The molecular weight excluding hydrogens is 347 g/mol. The van der Waals surface area contributed by atoms with E-state index >= 15 is 0 Å². The zero-order valence-electron chi connectivity index (χ0n) is 14.8. The lowest BCUT2D eigenvalue weighted by Crippen LogP contribution is -2.28. The Morgan fingerprint density at radius 2 is 1.85 bits per heavy atom. The summed E-state index contributed by atoms with van der Waals surface area (Å²) in [6.07, 6.45) is -3.16. The Labute approximate surface area is 149 Å². The van der Waals surface area contributed by atoms with Crippen molar-refractivity contribution in [1.29, 1.82) is 0 Å². The lowest BCUT2D eigenvalue weighted by Gasteiger charge is -2.33. The number of ether oxygens (including phenoxy) is 2. The molecule has 1 atom stereocenters. The molecular formula is C19H20F3NO3. The summed E-state index contributed by atoms with van der Waals surface area (Å²) in [5.74, 6) is 0.937. The van der Waals surface area contributed by atoms with Gasteiger partial charge in [0.25, 0.3) is 0 Å². The van der Waals surface area contributed by atoms with Crippen LogP contribution in [0.25, 0.3) is 11.3 Å². The summed E-state index contributed by atoms with van der Waals surface area (Å²) < 4.78 is 51.6.